The number of halogens is 1. The molecule has 0 saturated carbocycles. The molecule has 1 rings (SSSR count). The number of aliphatic hydroxyl groups is 1. The Balaban J connectivity index is 2.46. The average molecular weight is 271 g/mol. The molecule has 0 unspecified atom stereocenters. The highest BCUT2D eigenvalue weighted by molar-refractivity contribution is 7.98. The largest absolute Gasteiger partial charge is 0.387 e. The third kappa shape index (κ3) is 5.06. The first-order chi connectivity index (χ1) is 8.44. The molecular formula is C13H18FNO2S. The maximum atomic E-state index is 13.3. The minimum absolute atomic E-state index is 0.0119. The van der Waals surface area contributed by atoms with E-state index in [2.05, 4.69) is 5.32 Å². The Kier molecular flexibility index (Phi) is 5.62. The minimum atomic E-state index is -0.940. The van der Waals surface area contributed by atoms with Crippen LogP contribution in [-0.4, -0.2) is 35.2 Å². The van der Waals surface area contributed by atoms with Gasteiger partial charge in [0.25, 0.3) is 0 Å². The Labute approximate surface area is 111 Å². The van der Waals surface area contributed by atoms with Crippen LogP contribution in [0, 0.1) is 5.82 Å². The molecule has 0 spiro atoms. The fourth-order valence-electron chi connectivity index (χ4n) is 1.53. The SMILES string of the molecule is CSC[C@@](C)(O)CNC(=O)Cc1ccccc1F. The van der Waals surface area contributed by atoms with Crippen molar-refractivity contribution in [3.05, 3.63) is 35.6 Å². The van der Waals surface area contributed by atoms with E-state index in [1.165, 1.54) is 17.8 Å². The van der Waals surface area contributed by atoms with Crippen molar-refractivity contribution >= 4 is 17.7 Å². The van der Waals surface area contributed by atoms with Crippen LogP contribution >= 0.6 is 11.8 Å². The normalized spacial score (nSPS) is 14.0. The van der Waals surface area contributed by atoms with Crippen LogP contribution in [-0.2, 0) is 11.2 Å². The molecule has 0 aliphatic rings. The smallest absolute Gasteiger partial charge is 0.224 e. The number of rotatable bonds is 6. The quantitative estimate of drug-likeness (QED) is 0.826. The molecule has 1 amide bonds. The Hall–Kier alpha value is -1.07. The van der Waals surface area contributed by atoms with Gasteiger partial charge >= 0.3 is 0 Å². The second-order valence-electron chi connectivity index (χ2n) is 4.47. The van der Waals surface area contributed by atoms with Gasteiger partial charge in [0.15, 0.2) is 0 Å². The molecule has 1 atom stereocenters. The van der Waals surface area contributed by atoms with Crippen LogP contribution in [0.1, 0.15) is 12.5 Å². The standard InChI is InChI=1S/C13H18FNO2S/c1-13(17,9-18-2)8-15-12(16)7-10-5-3-4-6-11(10)14/h3-6,17H,7-9H2,1-2H3,(H,15,16)/t13-/m0/s1. The first-order valence-corrected chi connectivity index (χ1v) is 7.05. The fourth-order valence-corrected chi connectivity index (χ4v) is 2.25. The second-order valence-corrected chi connectivity index (χ2v) is 5.34. The molecule has 0 heterocycles. The van der Waals surface area contributed by atoms with Gasteiger partial charge in [0.05, 0.1) is 12.0 Å². The predicted octanol–water partition coefficient (Wildman–Crippen LogP) is 1.60. The van der Waals surface area contributed by atoms with Crippen molar-refractivity contribution in [2.45, 2.75) is 18.9 Å². The molecule has 3 nitrogen and oxygen atoms in total. The first-order valence-electron chi connectivity index (χ1n) is 5.66. The molecule has 0 fully saturated rings. The van der Waals surface area contributed by atoms with Crippen molar-refractivity contribution in [3.63, 3.8) is 0 Å². The molecule has 0 aliphatic carbocycles. The maximum Gasteiger partial charge on any atom is 0.224 e. The highest BCUT2D eigenvalue weighted by atomic mass is 32.2. The molecule has 0 aromatic heterocycles. The summed E-state index contributed by atoms with van der Waals surface area (Å²) in [7, 11) is 0. The van der Waals surface area contributed by atoms with Crippen molar-refractivity contribution in [3.8, 4) is 0 Å². The summed E-state index contributed by atoms with van der Waals surface area (Å²) in [5.41, 5.74) is -0.580. The lowest BCUT2D eigenvalue weighted by molar-refractivity contribution is -0.121. The van der Waals surface area contributed by atoms with Crippen LogP contribution in [0.3, 0.4) is 0 Å². The van der Waals surface area contributed by atoms with E-state index in [0.717, 1.165) is 0 Å². The van der Waals surface area contributed by atoms with E-state index in [-0.39, 0.29) is 24.7 Å². The Morgan fingerprint density at radius 3 is 2.78 bits per heavy atom. The molecule has 2 N–H and O–H groups in total. The topological polar surface area (TPSA) is 49.3 Å². The summed E-state index contributed by atoms with van der Waals surface area (Å²) in [4.78, 5) is 11.6. The Bertz CT molecular complexity index is 410. The van der Waals surface area contributed by atoms with E-state index in [1.807, 2.05) is 6.26 Å². The van der Waals surface area contributed by atoms with Gasteiger partial charge in [0, 0.05) is 12.3 Å². The van der Waals surface area contributed by atoms with Gasteiger partial charge in [-0.25, -0.2) is 4.39 Å². The molecule has 0 radical (unpaired) electrons. The zero-order chi connectivity index (χ0) is 13.6. The lowest BCUT2D eigenvalue weighted by Gasteiger charge is -2.22. The zero-order valence-electron chi connectivity index (χ0n) is 10.6. The number of carbonyl (C=O) groups excluding carboxylic acids is 1. The van der Waals surface area contributed by atoms with Gasteiger partial charge in [-0.3, -0.25) is 4.79 Å². The molecule has 1 aromatic rings. The number of nitrogens with one attached hydrogen (secondary N) is 1. The zero-order valence-corrected chi connectivity index (χ0v) is 11.4. The first kappa shape index (κ1) is 15.0. The van der Waals surface area contributed by atoms with Crippen LogP contribution in [0.15, 0.2) is 24.3 Å². The van der Waals surface area contributed by atoms with Crippen LogP contribution in [0.25, 0.3) is 0 Å². The molecule has 1 aromatic carbocycles. The molecule has 100 valence electrons. The van der Waals surface area contributed by atoms with Crippen LogP contribution in [0.2, 0.25) is 0 Å². The molecule has 5 heteroatoms. The highest BCUT2D eigenvalue weighted by Crippen LogP contribution is 2.10. The van der Waals surface area contributed by atoms with Crippen molar-refractivity contribution in [1.82, 2.24) is 5.32 Å². The van der Waals surface area contributed by atoms with E-state index < -0.39 is 5.60 Å². The molecule has 0 aliphatic heterocycles. The lowest BCUT2D eigenvalue weighted by Crippen LogP contribution is -2.43. The summed E-state index contributed by atoms with van der Waals surface area (Å²) < 4.78 is 13.3. The number of amides is 1. The van der Waals surface area contributed by atoms with Gasteiger partial charge in [0.1, 0.15) is 5.82 Å². The van der Waals surface area contributed by atoms with Crippen LogP contribution in [0.4, 0.5) is 4.39 Å². The number of hydrogen-bond acceptors (Lipinski definition) is 3. The fraction of sp³-hybridized carbons (Fsp3) is 0.462. The third-order valence-corrected chi connectivity index (χ3v) is 3.34. The van der Waals surface area contributed by atoms with E-state index >= 15 is 0 Å². The minimum Gasteiger partial charge on any atom is -0.387 e. The van der Waals surface area contributed by atoms with E-state index in [1.54, 1.807) is 25.1 Å². The van der Waals surface area contributed by atoms with Gasteiger partial charge in [0.2, 0.25) is 5.91 Å². The van der Waals surface area contributed by atoms with E-state index in [4.69, 9.17) is 0 Å². The van der Waals surface area contributed by atoms with Gasteiger partial charge in [-0.2, -0.15) is 11.8 Å². The summed E-state index contributed by atoms with van der Waals surface area (Å²) in [6.45, 7) is 1.83. The number of carbonyl (C=O) groups is 1. The van der Waals surface area contributed by atoms with Gasteiger partial charge in [-0.05, 0) is 24.8 Å². The van der Waals surface area contributed by atoms with Crippen LogP contribution < -0.4 is 5.32 Å². The van der Waals surface area contributed by atoms with Crippen molar-refractivity contribution < 1.29 is 14.3 Å². The predicted molar refractivity (Wildman–Crippen MR) is 72.1 cm³/mol. The van der Waals surface area contributed by atoms with E-state index in [9.17, 15) is 14.3 Å². The number of benzene rings is 1. The van der Waals surface area contributed by atoms with Gasteiger partial charge in [-0.1, -0.05) is 18.2 Å². The molecule has 0 bridgehead atoms. The summed E-state index contributed by atoms with van der Waals surface area (Å²) in [6, 6.07) is 6.18. The maximum absolute atomic E-state index is 13.3. The summed E-state index contributed by atoms with van der Waals surface area (Å²) >= 11 is 1.51. The second kappa shape index (κ2) is 6.75. The molecular weight excluding hydrogens is 253 g/mol. The van der Waals surface area contributed by atoms with Gasteiger partial charge < -0.3 is 10.4 Å². The number of hydrogen-bond donors (Lipinski definition) is 2. The molecule has 18 heavy (non-hydrogen) atoms. The van der Waals surface area contributed by atoms with Gasteiger partial charge in [-0.15, -0.1) is 0 Å². The third-order valence-electron chi connectivity index (χ3n) is 2.43. The van der Waals surface area contributed by atoms with Crippen LogP contribution in [0.5, 0.6) is 0 Å². The summed E-state index contributed by atoms with van der Waals surface area (Å²) in [5.74, 6) is -0.141. The summed E-state index contributed by atoms with van der Waals surface area (Å²) in [5, 5.41) is 12.5. The summed E-state index contributed by atoms with van der Waals surface area (Å²) in [6.07, 6.45) is 1.87. The van der Waals surface area contributed by atoms with Crippen molar-refractivity contribution in [2.24, 2.45) is 0 Å². The van der Waals surface area contributed by atoms with Crippen molar-refractivity contribution in [2.75, 3.05) is 18.6 Å². The highest BCUT2D eigenvalue weighted by Gasteiger charge is 2.20. The lowest BCUT2D eigenvalue weighted by atomic mass is 10.1. The van der Waals surface area contributed by atoms with Crippen molar-refractivity contribution in [1.29, 1.82) is 0 Å². The average Bonchev–Trinajstić information content (AvgIpc) is 2.30. The molecule has 0 saturated heterocycles. The Morgan fingerprint density at radius 1 is 1.50 bits per heavy atom. The Morgan fingerprint density at radius 2 is 2.17 bits per heavy atom. The number of thioether (sulfide) groups is 1. The van der Waals surface area contributed by atoms with E-state index in [0.29, 0.717) is 11.3 Å². The monoisotopic (exact) mass is 271 g/mol.